The van der Waals surface area contributed by atoms with E-state index < -0.39 is 0 Å². The third kappa shape index (κ3) is 2.09. The lowest BCUT2D eigenvalue weighted by atomic mass is 10.2. The fraction of sp³-hybridized carbons (Fsp3) is 0.250. The smallest absolute Gasteiger partial charge is 0.0456 e. The topological polar surface area (TPSA) is 9.23 Å². The molecular weight excluding hydrogens is 143 g/mol. The average molecular weight is 154 g/mol. The Bertz CT molecular complexity index is 193. The van der Waals surface area contributed by atoms with Gasteiger partial charge in [-0.05, 0) is 12.2 Å². The van der Waals surface area contributed by atoms with E-state index in [1.54, 1.807) is 7.11 Å². The van der Waals surface area contributed by atoms with Crippen molar-refractivity contribution in [3.63, 3.8) is 0 Å². The minimum absolute atomic E-state index is 0.483. The molecule has 0 saturated heterocycles. The minimum atomic E-state index is 0.483. The third-order valence-electron chi connectivity index (χ3n) is 1.27. The van der Waals surface area contributed by atoms with Gasteiger partial charge in [-0.15, -0.1) is 0 Å². The fourth-order valence-corrected chi connectivity index (χ4v) is 1.28. The van der Waals surface area contributed by atoms with E-state index in [2.05, 4.69) is 31.2 Å². The van der Waals surface area contributed by atoms with Gasteiger partial charge in [0.25, 0.3) is 0 Å². The fourth-order valence-electron chi connectivity index (χ4n) is 0.739. The summed E-state index contributed by atoms with van der Waals surface area (Å²) in [5.41, 5.74) is 1.30. The predicted molar refractivity (Wildman–Crippen MR) is 46.1 cm³/mol. The molecule has 0 aliphatic carbocycles. The Balaban J connectivity index is 2.69. The zero-order valence-electron chi connectivity index (χ0n) is 6.22. The zero-order valence-corrected chi connectivity index (χ0v) is 7.22. The van der Waals surface area contributed by atoms with Crippen molar-refractivity contribution in [1.82, 2.24) is 0 Å². The molecule has 0 fully saturated rings. The molecule has 0 bridgehead atoms. The second kappa shape index (κ2) is 3.70. The van der Waals surface area contributed by atoms with Gasteiger partial charge in [0.1, 0.15) is 0 Å². The Morgan fingerprint density at radius 1 is 1.20 bits per heavy atom. The van der Waals surface area contributed by atoms with Crippen LogP contribution >= 0.6 is 8.81 Å². The van der Waals surface area contributed by atoms with Crippen molar-refractivity contribution in [3.05, 3.63) is 29.8 Å². The normalized spacial score (nSPS) is 11.0. The molecule has 0 radical (unpaired) electrons. The van der Waals surface area contributed by atoms with E-state index >= 15 is 0 Å². The number of rotatable bonds is 2. The first-order valence-corrected chi connectivity index (χ1v) is 4.09. The molecule has 0 aliphatic heterocycles. The molecule has 0 aliphatic rings. The molecule has 1 nitrogen and oxygen atoms in total. The lowest BCUT2D eigenvalue weighted by molar-refractivity contribution is 0.481. The largest absolute Gasteiger partial charge is 0.361 e. The Kier molecular flexibility index (Phi) is 2.85. The van der Waals surface area contributed by atoms with Gasteiger partial charge in [-0.25, -0.2) is 0 Å². The summed E-state index contributed by atoms with van der Waals surface area (Å²) in [5.74, 6) is 0. The van der Waals surface area contributed by atoms with Gasteiger partial charge in [-0.2, -0.15) is 0 Å². The summed E-state index contributed by atoms with van der Waals surface area (Å²) >= 11 is 0. The number of hydrogen-bond acceptors (Lipinski definition) is 1. The van der Waals surface area contributed by atoms with Crippen molar-refractivity contribution < 1.29 is 4.52 Å². The first-order chi connectivity index (χ1) is 4.83. The van der Waals surface area contributed by atoms with Crippen LogP contribution in [-0.2, 0) is 4.52 Å². The van der Waals surface area contributed by atoms with Crippen LogP contribution in [0.1, 0.15) is 5.56 Å². The summed E-state index contributed by atoms with van der Waals surface area (Å²) in [5, 5.41) is 1.26. The van der Waals surface area contributed by atoms with Crippen LogP contribution in [0.3, 0.4) is 0 Å². The lowest BCUT2D eigenvalue weighted by Crippen LogP contribution is -1.92. The number of aryl methyl sites for hydroxylation is 1. The van der Waals surface area contributed by atoms with E-state index in [-0.39, 0.29) is 0 Å². The van der Waals surface area contributed by atoms with Crippen LogP contribution in [0, 0.1) is 6.92 Å². The van der Waals surface area contributed by atoms with Crippen molar-refractivity contribution in [1.29, 1.82) is 0 Å². The molecule has 0 saturated carbocycles. The maximum Gasteiger partial charge on any atom is 0.0456 e. The molecule has 0 aromatic heterocycles. The summed E-state index contributed by atoms with van der Waals surface area (Å²) in [6, 6.07) is 8.39. The zero-order chi connectivity index (χ0) is 7.40. The molecule has 10 heavy (non-hydrogen) atoms. The molecule has 1 rings (SSSR count). The Morgan fingerprint density at radius 2 is 1.80 bits per heavy atom. The summed E-state index contributed by atoms with van der Waals surface area (Å²) in [4.78, 5) is 0. The highest BCUT2D eigenvalue weighted by atomic mass is 31.1. The van der Waals surface area contributed by atoms with Crippen LogP contribution in [0.4, 0.5) is 0 Å². The molecule has 1 aromatic carbocycles. The summed E-state index contributed by atoms with van der Waals surface area (Å²) in [7, 11) is 2.20. The Hall–Kier alpha value is -0.390. The monoisotopic (exact) mass is 154 g/mol. The Morgan fingerprint density at radius 3 is 2.30 bits per heavy atom. The first-order valence-electron chi connectivity index (χ1n) is 3.18. The van der Waals surface area contributed by atoms with Crippen molar-refractivity contribution in [3.8, 4) is 0 Å². The maximum atomic E-state index is 5.00. The standard InChI is InChI=1S/C8H11OP/c1-7-3-5-8(6-4-7)10-9-2/h3-6,10H,1-2H3. The molecular formula is C8H11OP. The van der Waals surface area contributed by atoms with Gasteiger partial charge in [0.05, 0.1) is 0 Å². The molecule has 2 heteroatoms. The van der Waals surface area contributed by atoms with E-state index in [1.807, 2.05) is 0 Å². The van der Waals surface area contributed by atoms with Crippen molar-refractivity contribution in [2.75, 3.05) is 7.11 Å². The van der Waals surface area contributed by atoms with Crippen LogP contribution in [0.15, 0.2) is 24.3 Å². The van der Waals surface area contributed by atoms with Crippen molar-refractivity contribution in [2.24, 2.45) is 0 Å². The lowest BCUT2D eigenvalue weighted by Gasteiger charge is -1.97. The maximum absolute atomic E-state index is 5.00. The second-order valence-corrected chi connectivity index (χ2v) is 3.36. The van der Waals surface area contributed by atoms with Crippen molar-refractivity contribution >= 4 is 14.1 Å². The van der Waals surface area contributed by atoms with Gasteiger partial charge in [0.15, 0.2) is 0 Å². The van der Waals surface area contributed by atoms with E-state index in [4.69, 9.17) is 4.52 Å². The molecule has 1 atom stereocenters. The summed E-state index contributed by atoms with van der Waals surface area (Å²) < 4.78 is 5.00. The molecule has 0 spiro atoms. The van der Waals surface area contributed by atoms with Gasteiger partial charge in [0, 0.05) is 15.9 Å². The summed E-state index contributed by atoms with van der Waals surface area (Å²) in [6.07, 6.45) is 0. The second-order valence-electron chi connectivity index (χ2n) is 2.17. The highest BCUT2D eigenvalue weighted by molar-refractivity contribution is 7.41. The summed E-state index contributed by atoms with van der Waals surface area (Å²) in [6.45, 7) is 2.08. The molecule has 0 heterocycles. The van der Waals surface area contributed by atoms with Crippen LogP contribution < -0.4 is 5.30 Å². The molecule has 0 N–H and O–H groups in total. The predicted octanol–water partition coefficient (Wildman–Crippen LogP) is 1.86. The van der Waals surface area contributed by atoms with Gasteiger partial charge in [0.2, 0.25) is 0 Å². The van der Waals surface area contributed by atoms with Gasteiger partial charge < -0.3 is 4.52 Å². The van der Waals surface area contributed by atoms with Crippen LogP contribution in [0.5, 0.6) is 0 Å². The van der Waals surface area contributed by atoms with E-state index in [1.165, 1.54) is 10.9 Å². The molecule has 0 amide bonds. The molecule has 54 valence electrons. The number of hydrogen-bond donors (Lipinski definition) is 0. The van der Waals surface area contributed by atoms with E-state index in [9.17, 15) is 0 Å². The van der Waals surface area contributed by atoms with E-state index in [0.717, 1.165) is 0 Å². The minimum Gasteiger partial charge on any atom is -0.361 e. The van der Waals surface area contributed by atoms with Gasteiger partial charge in [-0.3, -0.25) is 0 Å². The Labute approximate surface area is 63.3 Å². The highest BCUT2D eigenvalue weighted by Crippen LogP contribution is 2.09. The van der Waals surface area contributed by atoms with Crippen LogP contribution in [0.25, 0.3) is 0 Å². The first kappa shape index (κ1) is 7.71. The SMILES string of the molecule is COPc1ccc(C)cc1. The number of benzene rings is 1. The average Bonchev–Trinajstić information content (AvgIpc) is 1.95. The van der Waals surface area contributed by atoms with Gasteiger partial charge in [-0.1, -0.05) is 29.8 Å². The van der Waals surface area contributed by atoms with E-state index in [0.29, 0.717) is 8.81 Å². The molecule has 1 unspecified atom stereocenters. The van der Waals surface area contributed by atoms with Crippen LogP contribution in [0.2, 0.25) is 0 Å². The highest BCUT2D eigenvalue weighted by Gasteiger charge is 1.88. The van der Waals surface area contributed by atoms with Crippen molar-refractivity contribution in [2.45, 2.75) is 6.92 Å². The third-order valence-corrected chi connectivity index (χ3v) is 2.04. The quantitative estimate of drug-likeness (QED) is 0.591. The van der Waals surface area contributed by atoms with Crippen LogP contribution in [-0.4, -0.2) is 7.11 Å². The van der Waals surface area contributed by atoms with Gasteiger partial charge >= 0.3 is 0 Å². The molecule has 1 aromatic rings.